The van der Waals surface area contributed by atoms with Crippen molar-refractivity contribution >= 4 is 42.9 Å². The van der Waals surface area contributed by atoms with Gasteiger partial charge < -0.3 is 5.32 Å². The van der Waals surface area contributed by atoms with Crippen LogP contribution >= 0.6 is 11.3 Å². The molecule has 0 fully saturated rings. The highest BCUT2D eigenvalue weighted by molar-refractivity contribution is 7.25. The summed E-state index contributed by atoms with van der Waals surface area (Å²) in [7, 11) is 0. The van der Waals surface area contributed by atoms with E-state index in [1.807, 2.05) is 11.3 Å². The van der Waals surface area contributed by atoms with Gasteiger partial charge in [-0.3, -0.25) is 0 Å². The number of hydrogen-bond donors (Lipinski definition) is 1. The van der Waals surface area contributed by atoms with E-state index in [4.69, 9.17) is 0 Å². The summed E-state index contributed by atoms with van der Waals surface area (Å²) in [4.78, 5) is 0. The first-order valence-corrected chi connectivity index (χ1v) is 10.9. The molecule has 0 unspecified atom stereocenters. The Hall–Kier alpha value is -3.10. The summed E-state index contributed by atoms with van der Waals surface area (Å²) in [5.41, 5.74) is 7.83. The first kappa shape index (κ1) is 16.8. The molecule has 0 spiro atoms. The van der Waals surface area contributed by atoms with Gasteiger partial charge >= 0.3 is 0 Å². The van der Waals surface area contributed by atoms with Crippen molar-refractivity contribution in [1.29, 1.82) is 0 Å². The second-order valence-electron chi connectivity index (χ2n) is 8.33. The maximum absolute atomic E-state index is 3.73. The smallest absolute Gasteiger partial charge is 0.0467 e. The molecule has 1 nitrogen and oxygen atoms in total. The lowest BCUT2D eigenvalue weighted by atomic mass is 9.82. The number of nitrogens with one attached hydrogen (secondary N) is 1. The molecule has 5 aromatic rings. The van der Waals surface area contributed by atoms with Crippen molar-refractivity contribution in [3.8, 4) is 11.1 Å². The largest absolute Gasteiger partial charge is 0.355 e. The SMILES string of the molecule is CC1(C)c2ccccc2-c2c(Nc3ccc4c(c3)sc3ccccc34)cccc21. The standard InChI is InChI=1S/C27H21NS/c1-27(2)21-10-5-3-9-20(21)26-22(27)11-7-12-23(26)28-17-14-15-19-18-8-4-6-13-24(18)29-25(19)16-17/h3-16,28H,1-2H3. The maximum atomic E-state index is 3.73. The minimum Gasteiger partial charge on any atom is -0.355 e. The second-order valence-corrected chi connectivity index (χ2v) is 9.42. The van der Waals surface area contributed by atoms with Crippen LogP contribution in [0.5, 0.6) is 0 Å². The molecule has 0 aliphatic heterocycles. The van der Waals surface area contributed by atoms with Gasteiger partial charge in [0.25, 0.3) is 0 Å². The van der Waals surface area contributed by atoms with Crippen LogP contribution in [0.15, 0.2) is 84.9 Å². The number of benzene rings is 4. The first-order chi connectivity index (χ1) is 14.1. The second kappa shape index (κ2) is 5.95. The van der Waals surface area contributed by atoms with Gasteiger partial charge in [-0.15, -0.1) is 11.3 Å². The number of fused-ring (bicyclic) bond motifs is 6. The van der Waals surface area contributed by atoms with E-state index in [0.717, 1.165) is 5.69 Å². The quantitative estimate of drug-likeness (QED) is 0.320. The average molecular weight is 392 g/mol. The molecule has 2 heteroatoms. The molecule has 0 saturated heterocycles. The molecule has 0 radical (unpaired) electrons. The zero-order chi connectivity index (χ0) is 19.6. The lowest BCUT2D eigenvalue weighted by molar-refractivity contribution is 0.660. The van der Waals surface area contributed by atoms with E-state index in [2.05, 4.69) is 104 Å². The summed E-state index contributed by atoms with van der Waals surface area (Å²) in [6.07, 6.45) is 0. The van der Waals surface area contributed by atoms with Gasteiger partial charge in [0.15, 0.2) is 0 Å². The molecule has 29 heavy (non-hydrogen) atoms. The molecule has 1 aromatic heterocycles. The molecule has 0 atom stereocenters. The van der Waals surface area contributed by atoms with Crippen molar-refractivity contribution in [2.45, 2.75) is 19.3 Å². The van der Waals surface area contributed by atoms with Crippen LogP contribution in [0.2, 0.25) is 0 Å². The molecule has 140 valence electrons. The van der Waals surface area contributed by atoms with Gasteiger partial charge in [-0.2, -0.15) is 0 Å². The summed E-state index contributed by atoms with van der Waals surface area (Å²) >= 11 is 1.86. The topological polar surface area (TPSA) is 12.0 Å². The third-order valence-corrected chi connectivity index (χ3v) is 7.40. The predicted molar refractivity (Wildman–Crippen MR) is 127 cm³/mol. The molecule has 0 amide bonds. The van der Waals surface area contributed by atoms with Gasteiger partial charge in [0.1, 0.15) is 0 Å². The number of rotatable bonds is 2. The van der Waals surface area contributed by atoms with Crippen molar-refractivity contribution in [3.63, 3.8) is 0 Å². The fraction of sp³-hybridized carbons (Fsp3) is 0.111. The van der Waals surface area contributed by atoms with Crippen LogP contribution in [0.25, 0.3) is 31.3 Å². The Morgan fingerprint density at radius 3 is 2.38 bits per heavy atom. The molecule has 0 saturated carbocycles. The minimum atomic E-state index is 0.0268. The molecule has 1 heterocycles. The van der Waals surface area contributed by atoms with Crippen molar-refractivity contribution < 1.29 is 0 Å². The highest BCUT2D eigenvalue weighted by Gasteiger charge is 2.36. The fourth-order valence-electron chi connectivity index (χ4n) is 4.82. The Bertz CT molecular complexity index is 1410. The predicted octanol–water partition coefficient (Wildman–Crippen LogP) is 8.10. The third-order valence-electron chi connectivity index (χ3n) is 6.27. The van der Waals surface area contributed by atoms with Gasteiger partial charge in [-0.25, -0.2) is 0 Å². The van der Waals surface area contributed by atoms with Crippen LogP contribution in [0.3, 0.4) is 0 Å². The van der Waals surface area contributed by atoms with Crippen LogP contribution in [0, 0.1) is 0 Å². The summed E-state index contributed by atoms with van der Waals surface area (Å²) in [6.45, 7) is 4.65. The van der Waals surface area contributed by atoms with E-state index < -0.39 is 0 Å². The summed E-state index contributed by atoms with van der Waals surface area (Å²) in [6, 6.07) is 30.8. The molecule has 1 aliphatic carbocycles. The van der Waals surface area contributed by atoms with E-state index >= 15 is 0 Å². The van der Waals surface area contributed by atoms with Crippen LogP contribution in [0.4, 0.5) is 11.4 Å². The highest BCUT2D eigenvalue weighted by atomic mass is 32.1. The molecule has 1 aliphatic rings. The van der Waals surface area contributed by atoms with Gasteiger partial charge in [-0.1, -0.05) is 74.5 Å². The Kier molecular flexibility index (Phi) is 3.45. The zero-order valence-electron chi connectivity index (χ0n) is 16.5. The highest BCUT2D eigenvalue weighted by Crippen LogP contribution is 2.51. The lowest BCUT2D eigenvalue weighted by Crippen LogP contribution is -2.14. The Labute approximate surface area is 174 Å². The van der Waals surface area contributed by atoms with E-state index in [0.29, 0.717) is 0 Å². The van der Waals surface area contributed by atoms with Crippen LogP contribution in [0.1, 0.15) is 25.0 Å². The monoisotopic (exact) mass is 391 g/mol. The summed E-state index contributed by atoms with van der Waals surface area (Å²) < 4.78 is 2.67. The minimum absolute atomic E-state index is 0.0268. The van der Waals surface area contributed by atoms with Crippen molar-refractivity contribution in [2.75, 3.05) is 5.32 Å². The third kappa shape index (κ3) is 2.39. The lowest BCUT2D eigenvalue weighted by Gasteiger charge is -2.21. The Morgan fingerprint density at radius 2 is 1.45 bits per heavy atom. The Balaban J connectivity index is 1.49. The summed E-state index contributed by atoms with van der Waals surface area (Å²) in [5, 5.41) is 6.40. The Morgan fingerprint density at radius 1 is 0.690 bits per heavy atom. The van der Waals surface area contributed by atoms with Crippen LogP contribution in [-0.2, 0) is 5.41 Å². The molecule has 4 aromatic carbocycles. The summed E-state index contributed by atoms with van der Waals surface area (Å²) in [5.74, 6) is 0. The van der Waals surface area contributed by atoms with Crippen LogP contribution < -0.4 is 5.32 Å². The first-order valence-electron chi connectivity index (χ1n) is 10.0. The van der Waals surface area contributed by atoms with E-state index in [-0.39, 0.29) is 5.41 Å². The zero-order valence-corrected chi connectivity index (χ0v) is 17.3. The van der Waals surface area contributed by atoms with Gasteiger partial charge in [-0.05, 0) is 41.0 Å². The molecule has 0 bridgehead atoms. The number of anilines is 2. The van der Waals surface area contributed by atoms with Crippen molar-refractivity contribution in [2.24, 2.45) is 0 Å². The van der Waals surface area contributed by atoms with Gasteiger partial charge in [0, 0.05) is 42.5 Å². The van der Waals surface area contributed by atoms with E-state index in [1.165, 1.54) is 48.1 Å². The molecular weight excluding hydrogens is 370 g/mol. The molecule has 1 N–H and O–H groups in total. The molecular formula is C27H21NS. The normalized spacial score (nSPS) is 14.1. The van der Waals surface area contributed by atoms with E-state index in [9.17, 15) is 0 Å². The fourth-order valence-corrected chi connectivity index (χ4v) is 5.96. The van der Waals surface area contributed by atoms with Crippen molar-refractivity contribution in [3.05, 3.63) is 96.1 Å². The molecule has 6 rings (SSSR count). The van der Waals surface area contributed by atoms with Gasteiger partial charge in [0.2, 0.25) is 0 Å². The maximum Gasteiger partial charge on any atom is 0.0467 e. The number of thiophene rings is 1. The van der Waals surface area contributed by atoms with Crippen LogP contribution in [-0.4, -0.2) is 0 Å². The van der Waals surface area contributed by atoms with E-state index in [1.54, 1.807) is 0 Å². The average Bonchev–Trinajstić information content (AvgIpc) is 3.22. The van der Waals surface area contributed by atoms with Crippen molar-refractivity contribution in [1.82, 2.24) is 0 Å². The van der Waals surface area contributed by atoms with Gasteiger partial charge in [0.05, 0.1) is 0 Å². The number of hydrogen-bond acceptors (Lipinski definition) is 2.